The number of hydrogen-bond acceptors (Lipinski definition) is 1. The van der Waals surface area contributed by atoms with Crippen LogP contribution >= 0.6 is 0 Å². The third-order valence-electron chi connectivity index (χ3n) is 10.4. The molecule has 0 radical (unpaired) electrons. The first-order valence-corrected chi connectivity index (χ1v) is 21.9. The first-order chi connectivity index (χ1) is 23.3. The highest BCUT2D eigenvalue weighted by atomic mass is 29.2. The molecule has 1 unspecified atom stereocenters. The van der Waals surface area contributed by atoms with Gasteiger partial charge in [-0.25, -0.2) is 0 Å². The van der Waals surface area contributed by atoms with Crippen molar-refractivity contribution < 1.29 is 0 Å². The highest BCUT2D eigenvalue weighted by Crippen LogP contribution is 2.44. The number of allylic oxidation sites excluding steroid dienone is 1. The van der Waals surface area contributed by atoms with Gasteiger partial charge < -0.3 is 4.66 Å². The van der Waals surface area contributed by atoms with Crippen LogP contribution in [0, 0.1) is 41.5 Å². The first kappa shape index (κ1) is 31.7. The molecule has 0 spiro atoms. The molecule has 0 bridgehead atoms. The Labute approximate surface area is 288 Å². The van der Waals surface area contributed by atoms with E-state index in [1.165, 1.54) is 76.4 Å². The van der Waals surface area contributed by atoms with Crippen LogP contribution < -0.4 is 15.6 Å². The van der Waals surface area contributed by atoms with E-state index in [1.807, 2.05) is 0 Å². The summed E-state index contributed by atoms with van der Waals surface area (Å²) in [6.45, 7) is 13.8. The van der Waals surface area contributed by atoms with Crippen molar-refractivity contribution in [3.63, 3.8) is 0 Å². The summed E-state index contributed by atoms with van der Waals surface area (Å²) in [4.78, 5) is 0. The maximum Gasteiger partial charge on any atom is 0.201 e. The second-order valence-electron chi connectivity index (χ2n) is 13.4. The molecule has 0 aliphatic carbocycles. The van der Waals surface area contributed by atoms with Gasteiger partial charge >= 0.3 is 0 Å². The van der Waals surface area contributed by atoms with Crippen molar-refractivity contribution >= 4 is 48.1 Å². The van der Waals surface area contributed by atoms with Gasteiger partial charge in [0.25, 0.3) is 0 Å². The molecule has 3 heteroatoms. The zero-order valence-electron chi connectivity index (χ0n) is 28.9. The largest absolute Gasteiger partial charge is 0.321 e. The molecule has 0 fully saturated rings. The van der Waals surface area contributed by atoms with Crippen molar-refractivity contribution in [3.05, 3.63) is 196 Å². The lowest BCUT2D eigenvalue weighted by Crippen LogP contribution is -2.75. The van der Waals surface area contributed by atoms with Gasteiger partial charge in [-0.1, -0.05) is 162 Å². The summed E-state index contributed by atoms with van der Waals surface area (Å²) in [5.74, 6) is 0. The van der Waals surface area contributed by atoms with Crippen molar-refractivity contribution in [2.75, 3.05) is 0 Å². The van der Waals surface area contributed by atoms with Crippen LogP contribution in [0.5, 0.6) is 0 Å². The first-order valence-electron chi connectivity index (χ1n) is 17.0. The Morgan fingerprint density at radius 3 is 1.27 bits per heavy atom. The molecule has 1 nitrogen and oxygen atoms in total. The van der Waals surface area contributed by atoms with E-state index in [0.29, 0.717) is 0 Å². The van der Waals surface area contributed by atoms with E-state index in [-0.39, 0.29) is 0 Å². The molecule has 1 aliphatic rings. The summed E-state index contributed by atoms with van der Waals surface area (Å²) < 4.78 is 6.30. The zero-order valence-corrected chi connectivity index (χ0v) is 31.0. The third-order valence-corrected chi connectivity index (χ3v) is 23.6. The van der Waals surface area contributed by atoms with Gasteiger partial charge in [-0.3, -0.25) is 0 Å². The molecule has 1 heterocycles. The fraction of sp³-hybridized carbons (Fsp3) is 0.133. The molecular weight excluding hydrogens is 611 g/mol. The molecule has 0 aromatic heterocycles. The SMILES string of the molecule is Cc1ccccc1C1=N[SiH](c2ccccc2C)[Si](c2ccccc2C)(c2ccccc2C)C(c2ccccc2C)=C1c1ccccc1C. The fourth-order valence-corrected chi connectivity index (χ4v) is 24.1. The lowest BCUT2D eigenvalue weighted by molar-refractivity contribution is 1.40. The number of hydrogen-bond donors (Lipinski definition) is 0. The van der Waals surface area contributed by atoms with Gasteiger partial charge in [0, 0.05) is 11.1 Å². The van der Waals surface area contributed by atoms with E-state index in [2.05, 4.69) is 187 Å². The van der Waals surface area contributed by atoms with Crippen molar-refractivity contribution in [2.24, 2.45) is 4.66 Å². The third kappa shape index (κ3) is 5.19. The van der Waals surface area contributed by atoms with Gasteiger partial charge in [-0.05, 0) is 90.1 Å². The number of nitrogens with zero attached hydrogens (tertiary/aromatic N) is 1. The second kappa shape index (κ2) is 13.0. The van der Waals surface area contributed by atoms with Crippen molar-refractivity contribution in [3.8, 4) is 0 Å². The second-order valence-corrected chi connectivity index (χ2v) is 22.5. The monoisotopic (exact) mass is 653 g/mol. The number of aryl methyl sites for hydroxylation is 6. The van der Waals surface area contributed by atoms with Gasteiger partial charge in [0.1, 0.15) is 0 Å². The van der Waals surface area contributed by atoms with Gasteiger partial charge in [-0.2, -0.15) is 0 Å². The molecule has 48 heavy (non-hydrogen) atoms. The van der Waals surface area contributed by atoms with Crippen LogP contribution in [0.15, 0.2) is 150 Å². The Bertz CT molecular complexity index is 2180. The Morgan fingerprint density at radius 2 is 0.792 bits per heavy atom. The molecule has 236 valence electrons. The lowest BCUT2D eigenvalue weighted by atomic mass is 9.89. The van der Waals surface area contributed by atoms with Crippen molar-refractivity contribution in [2.45, 2.75) is 41.5 Å². The highest BCUT2D eigenvalue weighted by molar-refractivity contribution is 7.55. The normalized spacial score (nSPS) is 15.7. The van der Waals surface area contributed by atoms with Crippen molar-refractivity contribution in [1.82, 2.24) is 0 Å². The number of rotatable bonds is 6. The Kier molecular flexibility index (Phi) is 8.59. The minimum atomic E-state index is -2.96. The van der Waals surface area contributed by atoms with Gasteiger partial charge in [0.05, 0.1) is 5.71 Å². The molecule has 0 amide bonds. The van der Waals surface area contributed by atoms with E-state index in [1.54, 1.807) is 0 Å². The maximum absolute atomic E-state index is 6.30. The smallest absolute Gasteiger partial charge is 0.201 e. The summed E-state index contributed by atoms with van der Waals surface area (Å²) in [5, 5.41) is 5.91. The zero-order chi connectivity index (χ0) is 33.4. The standard InChI is InChI=1S/C45H43NSi2/c1-31-19-7-13-25-37(31)43-44(38-26-14-8-20-32(38)2)46-47(40-28-16-10-22-34(40)4)48(41-29-17-11-23-35(41)5,42-30-18-12-24-36(42)6)45(43)39-27-15-9-21-33(39)3/h7-30,47H,1-6H3. The highest BCUT2D eigenvalue weighted by Gasteiger charge is 2.56. The van der Waals surface area contributed by atoms with Crippen LogP contribution in [-0.4, -0.2) is 21.8 Å². The lowest BCUT2D eigenvalue weighted by Gasteiger charge is -2.46. The molecular formula is C45H43NSi2. The van der Waals surface area contributed by atoms with Crippen LogP contribution in [-0.2, 0) is 0 Å². The summed E-state index contributed by atoms with van der Waals surface area (Å²) in [5.41, 5.74) is 14.2. The van der Waals surface area contributed by atoms with E-state index >= 15 is 0 Å². The molecule has 0 saturated carbocycles. The van der Waals surface area contributed by atoms with Crippen molar-refractivity contribution in [1.29, 1.82) is 0 Å². The molecule has 1 atom stereocenters. The number of benzene rings is 6. The van der Waals surface area contributed by atoms with E-state index in [0.717, 1.165) is 5.71 Å². The van der Waals surface area contributed by atoms with E-state index < -0.39 is 16.1 Å². The fourth-order valence-electron chi connectivity index (χ4n) is 8.04. The quantitative estimate of drug-likeness (QED) is 0.160. The van der Waals surface area contributed by atoms with E-state index in [4.69, 9.17) is 4.66 Å². The minimum Gasteiger partial charge on any atom is -0.321 e. The van der Waals surface area contributed by atoms with Gasteiger partial charge in [0.15, 0.2) is 7.59 Å². The summed E-state index contributed by atoms with van der Waals surface area (Å²) in [6.07, 6.45) is 0. The Balaban J connectivity index is 1.83. The van der Waals surface area contributed by atoms with E-state index in [9.17, 15) is 0 Å². The van der Waals surface area contributed by atoms with Crippen LogP contribution in [0.2, 0.25) is 0 Å². The molecule has 0 N–H and O–H groups in total. The maximum atomic E-state index is 6.30. The average molecular weight is 654 g/mol. The predicted molar refractivity (Wildman–Crippen MR) is 212 cm³/mol. The van der Waals surface area contributed by atoms with Gasteiger partial charge in [-0.15, -0.1) is 0 Å². The van der Waals surface area contributed by atoms with Crippen LogP contribution in [0.25, 0.3) is 10.8 Å². The molecule has 6 aromatic carbocycles. The van der Waals surface area contributed by atoms with Gasteiger partial charge in [0.2, 0.25) is 8.48 Å². The predicted octanol–water partition coefficient (Wildman–Crippen LogP) is 8.46. The van der Waals surface area contributed by atoms with Crippen LogP contribution in [0.4, 0.5) is 0 Å². The molecule has 1 aliphatic heterocycles. The Morgan fingerprint density at radius 1 is 0.396 bits per heavy atom. The summed E-state index contributed by atoms with van der Waals surface area (Å²) in [6, 6.07) is 54.6. The molecule has 7 rings (SSSR count). The van der Waals surface area contributed by atoms with Crippen LogP contribution in [0.1, 0.15) is 50.1 Å². The average Bonchev–Trinajstić information content (AvgIpc) is 3.09. The summed E-state index contributed by atoms with van der Waals surface area (Å²) in [7, 11) is -5.25. The Hall–Kier alpha value is -4.84. The molecule has 6 aromatic rings. The molecule has 0 saturated heterocycles. The van der Waals surface area contributed by atoms with Crippen LogP contribution in [0.3, 0.4) is 0 Å². The topological polar surface area (TPSA) is 12.4 Å². The minimum absolute atomic E-state index is 1.14. The summed E-state index contributed by atoms with van der Waals surface area (Å²) >= 11 is 0.